The van der Waals surface area contributed by atoms with Gasteiger partial charge in [-0.25, -0.2) is 9.97 Å². The quantitative estimate of drug-likeness (QED) is 0.880. The van der Waals surface area contributed by atoms with Gasteiger partial charge in [-0.1, -0.05) is 28.1 Å². The Morgan fingerprint density at radius 2 is 2.06 bits per heavy atom. The van der Waals surface area contributed by atoms with E-state index in [9.17, 15) is 0 Å². The van der Waals surface area contributed by atoms with Gasteiger partial charge in [-0.05, 0) is 30.7 Å². The van der Waals surface area contributed by atoms with E-state index in [2.05, 4.69) is 25.9 Å². The topological polar surface area (TPSA) is 61.0 Å². The molecular formula is C12H10BrN3OS. The summed E-state index contributed by atoms with van der Waals surface area (Å²) in [5.41, 5.74) is 7.01. The van der Waals surface area contributed by atoms with Gasteiger partial charge in [0.25, 0.3) is 0 Å². The molecule has 1 heterocycles. The molecule has 2 rings (SSSR count). The Labute approximate surface area is 118 Å². The van der Waals surface area contributed by atoms with Crippen molar-refractivity contribution in [1.29, 1.82) is 0 Å². The number of halogens is 1. The van der Waals surface area contributed by atoms with Crippen LogP contribution < -0.4 is 10.5 Å². The molecule has 0 aliphatic heterocycles. The van der Waals surface area contributed by atoms with Crippen LogP contribution in [-0.2, 0) is 0 Å². The lowest BCUT2D eigenvalue weighted by Gasteiger charge is -2.08. The number of aryl methyl sites for hydroxylation is 1. The number of benzene rings is 1. The van der Waals surface area contributed by atoms with Crippen LogP contribution in [0.4, 0.5) is 0 Å². The number of rotatable bonds is 3. The van der Waals surface area contributed by atoms with E-state index in [4.69, 9.17) is 22.7 Å². The third-order valence-corrected chi connectivity index (χ3v) is 3.33. The van der Waals surface area contributed by atoms with E-state index in [0.29, 0.717) is 17.3 Å². The second-order valence-electron chi connectivity index (χ2n) is 3.59. The molecule has 0 aliphatic carbocycles. The van der Waals surface area contributed by atoms with Crippen LogP contribution in [0, 0.1) is 6.92 Å². The Kier molecular flexibility index (Phi) is 3.88. The average molecular weight is 324 g/mol. The van der Waals surface area contributed by atoms with E-state index in [-0.39, 0.29) is 4.99 Å². The molecule has 6 heteroatoms. The molecule has 4 nitrogen and oxygen atoms in total. The Balaban J connectivity index is 2.34. The predicted molar refractivity (Wildman–Crippen MR) is 76.9 cm³/mol. The standard InChI is InChI=1S/C12H10BrN3OS/c1-7-6-8(2-3-9(7)13)17-12-10(11(14)18)15-4-5-16-12/h2-6H,1H3,(H2,14,18). The van der Waals surface area contributed by atoms with Gasteiger partial charge in [0.1, 0.15) is 10.7 Å². The van der Waals surface area contributed by atoms with Crippen LogP contribution >= 0.6 is 28.1 Å². The molecular weight excluding hydrogens is 314 g/mol. The highest BCUT2D eigenvalue weighted by molar-refractivity contribution is 9.10. The molecule has 0 atom stereocenters. The second kappa shape index (κ2) is 5.41. The first-order chi connectivity index (χ1) is 8.58. The highest BCUT2D eigenvalue weighted by Crippen LogP contribution is 2.26. The molecule has 1 aromatic carbocycles. The Hall–Kier alpha value is -1.53. The van der Waals surface area contributed by atoms with Crippen LogP contribution in [-0.4, -0.2) is 15.0 Å². The zero-order valence-corrected chi connectivity index (χ0v) is 12.0. The monoisotopic (exact) mass is 323 g/mol. The van der Waals surface area contributed by atoms with Crippen LogP contribution in [0.15, 0.2) is 35.1 Å². The normalized spacial score (nSPS) is 10.1. The smallest absolute Gasteiger partial charge is 0.248 e. The second-order valence-corrected chi connectivity index (χ2v) is 4.88. The van der Waals surface area contributed by atoms with Crippen molar-refractivity contribution in [3.8, 4) is 11.6 Å². The molecule has 0 aliphatic rings. The molecule has 1 aromatic heterocycles. The van der Waals surface area contributed by atoms with Gasteiger partial charge in [0.2, 0.25) is 5.88 Å². The Morgan fingerprint density at radius 3 is 2.72 bits per heavy atom. The summed E-state index contributed by atoms with van der Waals surface area (Å²) in [7, 11) is 0. The van der Waals surface area contributed by atoms with Gasteiger partial charge >= 0.3 is 0 Å². The molecule has 0 saturated carbocycles. The van der Waals surface area contributed by atoms with Gasteiger partial charge in [0.05, 0.1) is 0 Å². The molecule has 2 N–H and O–H groups in total. The number of ether oxygens (including phenoxy) is 1. The summed E-state index contributed by atoms with van der Waals surface area (Å²) in [4.78, 5) is 8.29. The number of hydrogen-bond acceptors (Lipinski definition) is 4. The van der Waals surface area contributed by atoms with Gasteiger partial charge in [-0.2, -0.15) is 0 Å². The maximum absolute atomic E-state index is 5.64. The van der Waals surface area contributed by atoms with E-state index in [0.717, 1.165) is 10.0 Å². The maximum Gasteiger partial charge on any atom is 0.248 e. The minimum Gasteiger partial charge on any atom is -0.437 e. The largest absolute Gasteiger partial charge is 0.437 e. The third-order valence-electron chi connectivity index (χ3n) is 2.24. The van der Waals surface area contributed by atoms with Crippen molar-refractivity contribution in [3.05, 3.63) is 46.3 Å². The minimum absolute atomic E-state index is 0.159. The van der Waals surface area contributed by atoms with Crippen molar-refractivity contribution in [1.82, 2.24) is 9.97 Å². The van der Waals surface area contributed by atoms with Crippen molar-refractivity contribution in [2.24, 2.45) is 5.73 Å². The molecule has 92 valence electrons. The molecule has 18 heavy (non-hydrogen) atoms. The molecule has 0 radical (unpaired) electrons. The highest BCUT2D eigenvalue weighted by atomic mass is 79.9. The first-order valence-corrected chi connectivity index (χ1v) is 6.33. The first-order valence-electron chi connectivity index (χ1n) is 5.13. The van der Waals surface area contributed by atoms with E-state index in [1.807, 2.05) is 25.1 Å². The fourth-order valence-corrected chi connectivity index (χ4v) is 1.75. The molecule has 0 bridgehead atoms. The summed E-state index contributed by atoms with van der Waals surface area (Å²) in [5, 5.41) is 0. The third kappa shape index (κ3) is 2.83. The average Bonchev–Trinajstić information content (AvgIpc) is 2.34. The molecule has 0 fully saturated rings. The molecule has 0 saturated heterocycles. The van der Waals surface area contributed by atoms with Crippen molar-refractivity contribution in [3.63, 3.8) is 0 Å². The molecule has 0 amide bonds. The van der Waals surface area contributed by atoms with E-state index in [1.54, 1.807) is 0 Å². The van der Waals surface area contributed by atoms with Gasteiger partial charge in [-0.3, -0.25) is 0 Å². The summed E-state index contributed by atoms with van der Waals surface area (Å²) in [6.45, 7) is 1.97. The van der Waals surface area contributed by atoms with Gasteiger partial charge in [0, 0.05) is 16.9 Å². The highest BCUT2D eigenvalue weighted by Gasteiger charge is 2.10. The van der Waals surface area contributed by atoms with Crippen molar-refractivity contribution >= 4 is 33.1 Å². The fraction of sp³-hybridized carbons (Fsp3) is 0.0833. The van der Waals surface area contributed by atoms with Gasteiger partial charge in [-0.15, -0.1) is 0 Å². The van der Waals surface area contributed by atoms with Gasteiger partial charge < -0.3 is 10.5 Å². The van der Waals surface area contributed by atoms with Crippen LogP contribution in [0.1, 0.15) is 11.3 Å². The van der Waals surface area contributed by atoms with E-state index < -0.39 is 0 Å². The maximum atomic E-state index is 5.64. The van der Waals surface area contributed by atoms with Crippen molar-refractivity contribution < 1.29 is 4.74 Å². The summed E-state index contributed by atoms with van der Waals surface area (Å²) in [5.74, 6) is 0.973. The number of aromatic nitrogens is 2. The molecule has 0 unspecified atom stereocenters. The van der Waals surface area contributed by atoms with E-state index in [1.165, 1.54) is 12.4 Å². The lowest BCUT2D eigenvalue weighted by Crippen LogP contribution is -2.13. The van der Waals surface area contributed by atoms with Crippen LogP contribution in [0.2, 0.25) is 0 Å². The Bertz CT molecular complexity index is 604. The van der Waals surface area contributed by atoms with Crippen molar-refractivity contribution in [2.75, 3.05) is 0 Å². The van der Waals surface area contributed by atoms with Gasteiger partial charge in [0.15, 0.2) is 5.69 Å². The van der Waals surface area contributed by atoms with Crippen LogP contribution in [0.25, 0.3) is 0 Å². The number of hydrogen-bond donors (Lipinski definition) is 1. The van der Waals surface area contributed by atoms with Crippen LogP contribution in [0.5, 0.6) is 11.6 Å². The summed E-state index contributed by atoms with van der Waals surface area (Å²) in [6.07, 6.45) is 3.05. The summed E-state index contributed by atoms with van der Waals surface area (Å²) >= 11 is 8.33. The summed E-state index contributed by atoms with van der Waals surface area (Å²) in [6, 6.07) is 5.62. The minimum atomic E-state index is 0.159. The Morgan fingerprint density at radius 1 is 1.33 bits per heavy atom. The predicted octanol–water partition coefficient (Wildman–Crippen LogP) is 2.97. The van der Waals surface area contributed by atoms with Crippen molar-refractivity contribution in [2.45, 2.75) is 6.92 Å². The number of nitrogens with two attached hydrogens (primary N) is 1. The first kappa shape index (κ1) is 12.9. The zero-order chi connectivity index (χ0) is 13.1. The summed E-state index contributed by atoms with van der Waals surface area (Å²) < 4.78 is 6.66. The SMILES string of the molecule is Cc1cc(Oc2nccnc2C(N)=S)ccc1Br. The molecule has 0 spiro atoms. The fourth-order valence-electron chi connectivity index (χ4n) is 1.36. The lowest BCUT2D eigenvalue weighted by atomic mass is 10.2. The zero-order valence-electron chi connectivity index (χ0n) is 9.55. The number of nitrogens with zero attached hydrogens (tertiary/aromatic N) is 2. The van der Waals surface area contributed by atoms with E-state index >= 15 is 0 Å². The van der Waals surface area contributed by atoms with Crippen LogP contribution in [0.3, 0.4) is 0 Å². The molecule has 2 aromatic rings. The lowest BCUT2D eigenvalue weighted by molar-refractivity contribution is 0.458. The number of thiocarbonyl (C=S) groups is 1.